The van der Waals surface area contributed by atoms with Gasteiger partial charge in [0.2, 0.25) is 0 Å². The highest BCUT2D eigenvalue weighted by molar-refractivity contribution is 9.10. The zero-order valence-corrected chi connectivity index (χ0v) is 16.1. The molecule has 1 saturated heterocycles. The van der Waals surface area contributed by atoms with E-state index in [1.165, 1.54) is 4.90 Å². The van der Waals surface area contributed by atoms with Gasteiger partial charge in [-0.2, -0.15) is 5.10 Å². The molecule has 6 nitrogen and oxygen atoms in total. The van der Waals surface area contributed by atoms with E-state index >= 15 is 0 Å². The fraction of sp³-hybridized carbons (Fsp3) is 0.500. The molecule has 1 unspecified atom stereocenters. The van der Waals surface area contributed by atoms with Crippen molar-refractivity contribution in [2.45, 2.75) is 37.4 Å². The zero-order chi connectivity index (χ0) is 19.2. The van der Waals surface area contributed by atoms with Crippen LogP contribution in [0.25, 0.3) is 0 Å². The molecule has 0 bridgehead atoms. The van der Waals surface area contributed by atoms with E-state index in [1.54, 1.807) is 0 Å². The summed E-state index contributed by atoms with van der Waals surface area (Å²) in [5.41, 5.74) is 2.36. The van der Waals surface area contributed by atoms with Crippen LogP contribution in [0.2, 0.25) is 0 Å². The van der Waals surface area contributed by atoms with Gasteiger partial charge in [-0.15, -0.1) is 0 Å². The first-order valence-electron chi connectivity index (χ1n) is 8.90. The van der Waals surface area contributed by atoms with E-state index in [-0.39, 0.29) is 21.6 Å². The summed E-state index contributed by atoms with van der Waals surface area (Å²) < 4.78 is 28.5. The van der Waals surface area contributed by atoms with Crippen LogP contribution in [0.4, 0.5) is 14.5 Å². The Balaban J connectivity index is 1.53. The maximum absolute atomic E-state index is 14.5. The molecular formula is C18H19BrF2N4O2. The minimum atomic E-state index is -0.877. The van der Waals surface area contributed by atoms with Crippen LogP contribution in [0.3, 0.4) is 0 Å². The topological polar surface area (TPSA) is 65.0 Å². The molecule has 1 aliphatic carbocycles. The molecule has 2 aliphatic heterocycles. The van der Waals surface area contributed by atoms with Crippen molar-refractivity contribution in [2.75, 3.05) is 18.0 Å². The number of nitrogens with one attached hydrogen (secondary N) is 1. The summed E-state index contributed by atoms with van der Waals surface area (Å²) in [5, 5.41) is 4.20. The minimum Gasteiger partial charge on any atom is -0.301 e. The molecule has 144 valence electrons. The number of benzene rings is 1. The van der Waals surface area contributed by atoms with E-state index in [0.29, 0.717) is 18.5 Å². The number of hydrazone groups is 1. The molecule has 0 spiro atoms. The molecule has 1 saturated carbocycles. The Morgan fingerprint density at radius 1 is 1.30 bits per heavy atom. The Morgan fingerprint density at radius 3 is 2.74 bits per heavy atom. The van der Waals surface area contributed by atoms with E-state index in [2.05, 4.69) is 31.4 Å². The first-order valence-corrected chi connectivity index (χ1v) is 9.69. The molecule has 1 aromatic rings. The van der Waals surface area contributed by atoms with Crippen LogP contribution < -0.4 is 10.3 Å². The zero-order valence-electron chi connectivity index (χ0n) is 14.5. The van der Waals surface area contributed by atoms with Crippen molar-refractivity contribution < 1.29 is 18.4 Å². The van der Waals surface area contributed by atoms with Gasteiger partial charge < -0.3 is 4.79 Å². The molecule has 1 aromatic carbocycles. The molecular weight excluding hydrogens is 422 g/mol. The second kappa shape index (κ2) is 6.94. The summed E-state index contributed by atoms with van der Waals surface area (Å²) in [5.74, 6) is -0.525. The van der Waals surface area contributed by atoms with Gasteiger partial charge in [-0.3, -0.25) is 20.0 Å². The van der Waals surface area contributed by atoms with Gasteiger partial charge in [0, 0.05) is 19.0 Å². The summed E-state index contributed by atoms with van der Waals surface area (Å²) in [6.45, 7) is 1.59. The smallest absolute Gasteiger partial charge is 0.177 e. The van der Waals surface area contributed by atoms with Crippen LogP contribution in [0.1, 0.15) is 25.7 Å². The summed E-state index contributed by atoms with van der Waals surface area (Å²) in [4.78, 5) is 26.4. The first kappa shape index (κ1) is 18.5. The van der Waals surface area contributed by atoms with Crippen LogP contribution in [0.15, 0.2) is 21.7 Å². The van der Waals surface area contributed by atoms with Gasteiger partial charge in [0.1, 0.15) is 23.8 Å². The van der Waals surface area contributed by atoms with Gasteiger partial charge in [-0.05, 0) is 53.7 Å². The van der Waals surface area contributed by atoms with Gasteiger partial charge in [-0.25, -0.2) is 8.78 Å². The van der Waals surface area contributed by atoms with Gasteiger partial charge in [-0.1, -0.05) is 0 Å². The van der Waals surface area contributed by atoms with Gasteiger partial charge in [0.15, 0.2) is 12.5 Å². The Labute approximate surface area is 163 Å². The number of hydrogen-bond donors (Lipinski definition) is 1. The Kier molecular flexibility index (Phi) is 4.75. The van der Waals surface area contributed by atoms with Crippen molar-refractivity contribution in [2.24, 2.45) is 11.0 Å². The molecule has 1 N–H and O–H groups in total. The molecule has 9 heteroatoms. The van der Waals surface area contributed by atoms with Gasteiger partial charge in [0.05, 0.1) is 15.7 Å². The summed E-state index contributed by atoms with van der Waals surface area (Å²) in [6, 6.07) is 2.10. The maximum atomic E-state index is 14.5. The van der Waals surface area contributed by atoms with Crippen molar-refractivity contribution in [3.63, 3.8) is 0 Å². The average molecular weight is 441 g/mol. The van der Waals surface area contributed by atoms with E-state index in [4.69, 9.17) is 0 Å². The number of halogens is 3. The third-order valence-corrected chi connectivity index (χ3v) is 6.24. The van der Waals surface area contributed by atoms with E-state index < -0.39 is 17.8 Å². The lowest BCUT2D eigenvalue weighted by Crippen LogP contribution is -2.43. The molecule has 4 rings (SSSR count). The number of likely N-dealkylation sites (tertiary alicyclic amines) is 1. The third-order valence-electron chi connectivity index (χ3n) is 5.63. The van der Waals surface area contributed by atoms with Crippen molar-refractivity contribution in [1.82, 2.24) is 10.3 Å². The predicted octanol–water partition coefficient (Wildman–Crippen LogP) is 2.42. The van der Waals surface area contributed by atoms with E-state index in [1.807, 2.05) is 0 Å². The van der Waals surface area contributed by atoms with E-state index in [9.17, 15) is 18.4 Å². The summed E-state index contributed by atoms with van der Waals surface area (Å²) >= 11 is 2.96. The minimum absolute atomic E-state index is 0.0204. The van der Waals surface area contributed by atoms with Crippen LogP contribution in [-0.2, 0) is 9.59 Å². The van der Waals surface area contributed by atoms with Crippen LogP contribution >= 0.6 is 15.9 Å². The molecule has 2 heterocycles. The second-order valence-electron chi connectivity index (χ2n) is 7.35. The molecule has 2 fully saturated rings. The fourth-order valence-corrected chi connectivity index (χ4v) is 4.25. The van der Waals surface area contributed by atoms with Crippen molar-refractivity contribution in [1.29, 1.82) is 0 Å². The molecule has 3 aliphatic rings. The SMILES string of the molecule is O=CC1NN=C(C[C@@H]2CCN(C3(C=O)CC3)C2)N1c1cc(F)c(Br)cc1F. The lowest BCUT2D eigenvalue weighted by molar-refractivity contribution is -0.113. The van der Waals surface area contributed by atoms with Crippen molar-refractivity contribution in [3.8, 4) is 0 Å². The lowest BCUT2D eigenvalue weighted by atomic mass is 10.0. The largest absolute Gasteiger partial charge is 0.301 e. The second-order valence-corrected chi connectivity index (χ2v) is 8.21. The van der Waals surface area contributed by atoms with Crippen LogP contribution in [-0.4, -0.2) is 48.1 Å². The highest BCUT2D eigenvalue weighted by Crippen LogP contribution is 2.43. The van der Waals surface area contributed by atoms with E-state index in [0.717, 1.165) is 50.8 Å². The van der Waals surface area contributed by atoms with Gasteiger partial charge >= 0.3 is 0 Å². The monoisotopic (exact) mass is 440 g/mol. The highest BCUT2D eigenvalue weighted by atomic mass is 79.9. The first-order chi connectivity index (χ1) is 13.0. The number of aldehydes is 2. The van der Waals surface area contributed by atoms with Crippen LogP contribution in [0.5, 0.6) is 0 Å². The highest BCUT2D eigenvalue weighted by Gasteiger charge is 2.50. The standard InChI is InChI=1S/C18H19BrF2N4O2/c19-12-6-14(21)15(7-13(12)20)25-16(22-23-17(25)9-26)5-11-1-4-24(8-11)18(10-27)2-3-18/h6-7,9-11,17,23H,1-5,8H2/t11-,17?/m0/s1. The van der Waals surface area contributed by atoms with Crippen molar-refractivity contribution in [3.05, 3.63) is 28.2 Å². The fourth-order valence-electron chi connectivity index (χ4n) is 3.93. The third kappa shape index (κ3) is 3.27. The average Bonchev–Trinajstić information content (AvgIpc) is 3.14. The summed E-state index contributed by atoms with van der Waals surface area (Å²) in [6.07, 6.45) is 3.98. The molecule has 0 aromatic heterocycles. The normalized spacial score (nSPS) is 26.6. The van der Waals surface area contributed by atoms with Crippen LogP contribution in [0, 0.1) is 17.6 Å². The number of hydrogen-bond acceptors (Lipinski definition) is 6. The quantitative estimate of drug-likeness (QED) is 0.543. The molecule has 0 amide bonds. The molecule has 2 atom stereocenters. The number of rotatable bonds is 6. The van der Waals surface area contributed by atoms with Gasteiger partial charge in [0.25, 0.3) is 0 Å². The lowest BCUT2D eigenvalue weighted by Gasteiger charge is -2.26. The Morgan fingerprint density at radius 2 is 2.07 bits per heavy atom. The Bertz CT molecular complexity index is 815. The molecule has 27 heavy (non-hydrogen) atoms. The Hall–Kier alpha value is -1.87. The number of carbonyl (C=O) groups excluding carboxylic acids is 2. The van der Waals surface area contributed by atoms with Crippen molar-refractivity contribution >= 4 is 40.0 Å². The number of anilines is 1. The predicted molar refractivity (Wildman–Crippen MR) is 99.3 cm³/mol. The number of carbonyl (C=O) groups is 2. The summed E-state index contributed by atoms with van der Waals surface area (Å²) in [7, 11) is 0. The number of nitrogens with zero attached hydrogens (tertiary/aromatic N) is 3. The number of amidine groups is 1. The molecule has 0 radical (unpaired) electrons. The maximum Gasteiger partial charge on any atom is 0.177 e.